The lowest BCUT2D eigenvalue weighted by Crippen LogP contribution is -2.54. The van der Waals surface area contributed by atoms with E-state index < -0.39 is 0 Å². The number of carbonyl (C=O) groups is 1. The summed E-state index contributed by atoms with van der Waals surface area (Å²) in [6, 6.07) is 0.107. The van der Waals surface area contributed by atoms with Gasteiger partial charge in [0, 0.05) is 26.2 Å². The zero-order valence-electron chi connectivity index (χ0n) is 11.1. The Bertz CT molecular complexity index is 255. The maximum Gasteiger partial charge on any atom is 0.240 e. The average Bonchev–Trinajstić information content (AvgIpc) is 2.83. The van der Waals surface area contributed by atoms with Gasteiger partial charge in [0.15, 0.2) is 0 Å². The van der Waals surface area contributed by atoms with Crippen molar-refractivity contribution in [1.82, 2.24) is 15.1 Å². The highest BCUT2D eigenvalue weighted by Gasteiger charge is 2.35. The Hall–Kier alpha value is -0.610. The Morgan fingerprint density at radius 1 is 1.24 bits per heavy atom. The molecule has 2 aliphatic rings. The molecule has 2 fully saturated rings. The number of nitrogens with zero attached hydrogens (tertiary/aromatic N) is 2. The number of carbonyl (C=O) groups excluding carboxylic acids is 1. The van der Waals surface area contributed by atoms with Crippen LogP contribution in [0.2, 0.25) is 0 Å². The summed E-state index contributed by atoms with van der Waals surface area (Å²) in [6.45, 7) is 3.62. The van der Waals surface area contributed by atoms with Gasteiger partial charge in [0.25, 0.3) is 0 Å². The zero-order valence-corrected chi connectivity index (χ0v) is 11.1. The minimum Gasteiger partial charge on any atom is -0.339 e. The minimum absolute atomic E-state index is 0.107. The van der Waals surface area contributed by atoms with E-state index in [0.29, 0.717) is 11.8 Å². The van der Waals surface area contributed by atoms with Gasteiger partial charge in [-0.25, -0.2) is 0 Å². The third kappa shape index (κ3) is 2.99. The van der Waals surface area contributed by atoms with Crippen molar-refractivity contribution in [3.05, 3.63) is 0 Å². The van der Waals surface area contributed by atoms with Crippen LogP contribution < -0.4 is 5.32 Å². The number of hydrogen-bond donors (Lipinski definition) is 1. The second kappa shape index (κ2) is 5.83. The van der Waals surface area contributed by atoms with E-state index in [1.165, 1.54) is 25.7 Å². The van der Waals surface area contributed by atoms with E-state index in [0.717, 1.165) is 26.2 Å². The van der Waals surface area contributed by atoms with Crippen molar-refractivity contribution in [3.63, 3.8) is 0 Å². The molecule has 1 aliphatic carbocycles. The summed E-state index contributed by atoms with van der Waals surface area (Å²) in [4.78, 5) is 16.7. The first-order valence-corrected chi connectivity index (χ1v) is 6.86. The minimum atomic E-state index is 0.107. The Labute approximate surface area is 104 Å². The molecule has 0 spiro atoms. The molecule has 1 heterocycles. The van der Waals surface area contributed by atoms with Crippen LogP contribution in [0, 0.1) is 5.92 Å². The molecular weight excluding hydrogens is 214 g/mol. The van der Waals surface area contributed by atoms with Crippen LogP contribution in [0.5, 0.6) is 0 Å². The zero-order chi connectivity index (χ0) is 12.3. The maximum absolute atomic E-state index is 12.6. The molecule has 0 radical (unpaired) electrons. The fraction of sp³-hybridized carbons (Fsp3) is 0.923. The summed E-state index contributed by atoms with van der Waals surface area (Å²) in [6.07, 6.45) is 5.04. The SMILES string of the molecule is CN(C)C(C(=O)N1CCNCC1)C1CCCC1. The summed E-state index contributed by atoms with van der Waals surface area (Å²) < 4.78 is 0. The summed E-state index contributed by atoms with van der Waals surface area (Å²) >= 11 is 0. The van der Waals surface area contributed by atoms with Crippen LogP contribution in [0.1, 0.15) is 25.7 Å². The predicted octanol–water partition coefficient (Wildman–Crippen LogP) is 0.539. The normalized spacial score (nSPS) is 24.3. The molecule has 1 saturated heterocycles. The number of hydrogen-bond acceptors (Lipinski definition) is 3. The van der Waals surface area contributed by atoms with Gasteiger partial charge in [0.2, 0.25) is 5.91 Å². The molecule has 1 unspecified atom stereocenters. The second-order valence-corrected chi connectivity index (χ2v) is 5.53. The van der Waals surface area contributed by atoms with E-state index in [1.807, 2.05) is 19.0 Å². The lowest BCUT2D eigenvalue weighted by atomic mass is 9.95. The van der Waals surface area contributed by atoms with Gasteiger partial charge in [-0.3, -0.25) is 9.69 Å². The topological polar surface area (TPSA) is 35.6 Å². The van der Waals surface area contributed by atoms with E-state index in [1.54, 1.807) is 0 Å². The largest absolute Gasteiger partial charge is 0.339 e. The smallest absolute Gasteiger partial charge is 0.240 e. The van der Waals surface area contributed by atoms with Gasteiger partial charge < -0.3 is 10.2 Å². The molecule has 4 nitrogen and oxygen atoms in total. The molecule has 1 saturated carbocycles. The van der Waals surface area contributed by atoms with Crippen LogP contribution in [-0.2, 0) is 4.79 Å². The van der Waals surface area contributed by atoms with Crippen LogP contribution in [-0.4, -0.2) is 62.0 Å². The lowest BCUT2D eigenvalue weighted by Gasteiger charge is -2.36. The van der Waals surface area contributed by atoms with Crippen LogP contribution in [0.4, 0.5) is 0 Å². The highest BCUT2D eigenvalue weighted by Crippen LogP contribution is 2.30. The van der Waals surface area contributed by atoms with E-state index in [-0.39, 0.29) is 6.04 Å². The molecule has 17 heavy (non-hydrogen) atoms. The number of likely N-dealkylation sites (N-methyl/N-ethyl adjacent to an activating group) is 1. The van der Waals surface area contributed by atoms with Gasteiger partial charge in [-0.05, 0) is 32.9 Å². The molecule has 0 aromatic heterocycles. The Morgan fingerprint density at radius 3 is 2.35 bits per heavy atom. The van der Waals surface area contributed by atoms with Crippen molar-refractivity contribution in [2.45, 2.75) is 31.7 Å². The second-order valence-electron chi connectivity index (χ2n) is 5.53. The van der Waals surface area contributed by atoms with Crippen molar-refractivity contribution >= 4 is 5.91 Å². The first-order chi connectivity index (χ1) is 8.20. The molecule has 1 amide bonds. The quantitative estimate of drug-likeness (QED) is 0.781. The third-order valence-corrected chi connectivity index (χ3v) is 4.08. The van der Waals surface area contributed by atoms with Crippen molar-refractivity contribution in [2.75, 3.05) is 40.3 Å². The lowest BCUT2D eigenvalue weighted by molar-refractivity contribution is -0.138. The van der Waals surface area contributed by atoms with Crippen molar-refractivity contribution < 1.29 is 4.79 Å². The predicted molar refractivity (Wildman–Crippen MR) is 68.9 cm³/mol. The highest BCUT2D eigenvalue weighted by molar-refractivity contribution is 5.82. The summed E-state index contributed by atoms with van der Waals surface area (Å²) in [5.41, 5.74) is 0. The Kier molecular flexibility index (Phi) is 4.40. The summed E-state index contributed by atoms with van der Waals surface area (Å²) in [7, 11) is 4.09. The van der Waals surface area contributed by atoms with Crippen molar-refractivity contribution in [3.8, 4) is 0 Å². The molecular formula is C13H25N3O. The van der Waals surface area contributed by atoms with Gasteiger partial charge in [-0.2, -0.15) is 0 Å². The van der Waals surface area contributed by atoms with Crippen molar-refractivity contribution in [2.24, 2.45) is 5.92 Å². The first-order valence-electron chi connectivity index (χ1n) is 6.86. The molecule has 98 valence electrons. The van der Waals surface area contributed by atoms with E-state index in [9.17, 15) is 4.79 Å². The van der Waals surface area contributed by atoms with E-state index in [2.05, 4.69) is 10.2 Å². The van der Waals surface area contributed by atoms with Crippen LogP contribution >= 0.6 is 0 Å². The number of amides is 1. The number of piperazine rings is 1. The number of nitrogens with one attached hydrogen (secondary N) is 1. The van der Waals surface area contributed by atoms with Crippen LogP contribution in [0.15, 0.2) is 0 Å². The standard InChI is InChI=1S/C13H25N3O/c1-15(2)12(11-5-3-4-6-11)13(17)16-9-7-14-8-10-16/h11-12,14H,3-10H2,1-2H3. The monoisotopic (exact) mass is 239 g/mol. The molecule has 1 N–H and O–H groups in total. The van der Waals surface area contributed by atoms with Gasteiger partial charge in [-0.1, -0.05) is 12.8 Å². The fourth-order valence-electron chi connectivity index (χ4n) is 3.19. The molecule has 0 bridgehead atoms. The molecule has 1 aliphatic heterocycles. The molecule has 4 heteroatoms. The summed E-state index contributed by atoms with van der Waals surface area (Å²) in [5, 5.41) is 3.30. The fourth-order valence-corrected chi connectivity index (χ4v) is 3.19. The average molecular weight is 239 g/mol. The van der Waals surface area contributed by atoms with Gasteiger partial charge in [0.1, 0.15) is 0 Å². The maximum atomic E-state index is 12.6. The van der Waals surface area contributed by atoms with Gasteiger partial charge in [-0.15, -0.1) is 0 Å². The molecule has 2 rings (SSSR count). The van der Waals surface area contributed by atoms with Crippen molar-refractivity contribution in [1.29, 1.82) is 0 Å². The van der Waals surface area contributed by atoms with Crippen LogP contribution in [0.25, 0.3) is 0 Å². The van der Waals surface area contributed by atoms with Crippen LogP contribution in [0.3, 0.4) is 0 Å². The molecule has 0 aromatic carbocycles. The Balaban J connectivity index is 2.01. The summed E-state index contributed by atoms with van der Waals surface area (Å²) in [5.74, 6) is 0.927. The highest BCUT2D eigenvalue weighted by atomic mass is 16.2. The van der Waals surface area contributed by atoms with Gasteiger partial charge in [0.05, 0.1) is 6.04 Å². The Morgan fingerprint density at radius 2 is 1.82 bits per heavy atom. The molecule has 0 aromatic rings. The van der Waals surface area contributed by atoms with Gasteiger partial charge >= 0.3 is 0 Å². The molecule has 1 atom stereocenters. The number of rotatable bonds is 3. The van der Waals surface area contributed by atoms with E-state index >= 15 is 0 Å². The first kappa shape index (κ1) is 12.8. The van der Waals surface area contributed by atoms with E-state index in [4.69, 9.17) is 0 Å². The third-order valence-electron chi connectivity index (χ3n) is 4.08.